The van der Waals surface area contributed by atoms with Gasteiger partial charge in [-0.15, -0.1) is 11.8 Å². The van der Waals surface area contributed by atoms with E-state index in [0.717, 1.165) is 21.8 Å². The summed E-state index contributed by atoms with van der Waals surface area (Å²) in [5.74, 6) is -0.0411. The van der Waals surface area contributed by atoms with Crippen LogP contribution in [0.5, 0.6) is 0 Å². The van der Waals surface area contributed by atoms with Gasteiger partial charge in [0, 0.05) is 22.5 Å². The van der Waals surface area contributed by atoms with Crippen LogP contribution in [0, 0.1) is 6.92 Å². The zero-order valence-electron chi connectivity index (χ0n) is 13.3. The van der Waals surface area contributed by atoms with Crippen molar-refractivity contribution in [2.45, 2.75) is 17.1 Å². The summed E-state index contributed by atoms with van der Waals surface area (Å²) in [6, 6.07) is 23.5. The number of rotatable bonds is 5. The number of nitrogens with zero attached hydrogens (tertiary/aromatic N) is 1. The van der Waals surface area contributed by atoms with Gasteiger partial charge in [-0.3, -0.25) is 9.78 Å². The molecule has 0 aliphatic carbocycles. The molecule has 4 heteroatoms. The lowest BCUT2D eigenvalue weighted by Gasteiger charge is -2.17. The van der Waals surface area contributed by atoms with Gasteiger partial charge in [-0.1, -0.05) is 48.5 Å². The number of nitrogens with one attached hydrogen (secondary N) is 1. The standard InChI is InChI=1S/C20H18N2OS/c1-15-14-17(12-13-21-15)22-20(23)19(16-8-4-2-5-9-16)24-18-10-6-3-7-11-18/h2-14,19H,1H3,(H,21,22,23). The zero-order chi connectivity index (χ0) is 16.8. The van der Waals surface area contributed by atoms with Crippen LogP contribution in [0.25, 0.3) is 0 Å². The molecular formula is C20H18N2OS. The van der Waals surface area contributed by atoms with Crippen LogP contribution in [-0.2, 0) is 4.79 Å². The average Bonchev–Trinajstić information content (AvgIpc) is 2.61. The third kappa shape index (κ3) is 4.24. The molecule has 3 rings (SSSR count). The van der Waals surface area contributed by atoms with Crippen molar-refractivity contribution >= 4 is 23.4 Å². The van der Waals surface area contributed by atoms with E-state index in [0.29, 0.717) is 0 Å². The maximum atomic E-state index is 12.9. The van der Waals surface area contributed by atoms with E-state index >= 15 is 0 Å². The number of pyridine rings is 1. The molecule has 120 valence electrons. The van der Waals surface area contributed by atoms with Crippen molar-refractivity contribution in [1.82, 2.24) is 4.98 Å². The van der Waals surface area contributed by atoms with Crippen molar-refractivity contribution < 1.29 is 4.79 Å². The molecule has 1 N–H and O–H groups in total. The van der Waals surface area contributed by atoms with Gasteiger partial charge in [0.25, 0.3) is 0 Å². The Bertz CT molecular complexity index is 806. The van der Waals surface area contributed by atoms with Crippen molar-refractivity contribution in [3.63, 3.8) is 0 Å². The number of aromatic nitrogens is 1. The Morgan fingerprint density at radius 1 is 1.00 bits per heavy atom. The average molecular weight is 334 g/mol. The van der Waals surface area contributed by atoms with Crippen molar-refractivity contribution in [3.05, 3.63) is 90.3 Å². The minimum Gasteiger partial charge on any atom is -0.325 e. The molecule has 2 aromatic carbocycles. The van der Waals surface area contributed by atoms with Crippen LogP contribution in [-0.4, -0.2) is 10.9 Å². The van der Waals surface area contributed by atoms with Gasteiger partial charge < -0.3 is 5.32 Å². The molecule has 1 unspecified atom stereocenters. The quantitative estimate of drug-likeness (QED) is 0.677. The first-order chi connectivity index (χ1) is 11.7. The summed E-state index contributed by atoms with van der Waals surface area (Å²) < 4.78 is 0. The van der Waals surface area contributed by atoms with Gasteiger partial charge in [-0.2, -0.15) is 0 Å². The number of aryl methyl sites for hydroxylation is 1. The topological polar surface area (TPSA) is 42.0 Å². The van der Waals surface area contributed by atoms with E-state index in [-0.39, 0.29) is 11.2 Å². The van der Waals surface area contributed by atoms with Gasteiger partial charge >= 0.3 is 0 Å². The predicted octanol–water partition coefficient (Wildman–Crippen LogP) is 4.86. The fourth-order valence-corrected chi connectivity index (χ4v) is 3.41. The highest BCUT2D eigenvalue weighted by Crippen LogP contribution is 2.36. The fraction of sp³-hybridized carbons (Fsp3) is 0.100. The molecule has 0 radical (unpaired) electrons. The molecule has 0 fully saturated rings. The lowest BCUT2D eigenvalue weighted by molar-refractivity contribution is -0.115. The summed E-state index contributed by atoms with van der Waals surface area (Å²) in [4.78, 5) is 18.1. The third-order valence-electron chi connectivity index (χ3n) is 3.50. The van der Waals surface area contributed by atoms with Crippen LogP contribution in [0.2, 0.25) is 0 Å². The Morgan fingerprint density at radius 2 is 1.67 bits per heavy atom. The number of anilines is 1. The first kappa shape index (κ1) is 16.3. The second-order valence-corrected chi connectivity index (χ2v) is 6.58. The second kappa shape index (κ2) is 7.79. The van der Waals surface area contributed by atoms with Crippen molar-refractivity contribution in [3.8, 4) is 0 Å². The van der Waals surface area contributed by atoms with Crippen molar-refractivity contribution in [2.75, 3.05) is 5.32 Å². The summed E-state index contributed by atoms with van der Waals surface area (Å²) in [5, 5.41) is 2.68. The summed E-state index contributed by atoms with van der Waals surface area (Å²) in [6.45, 7) is 1.91. The molecule has 0 saturated carbocycles. The molecule has 3 aromatic rings. The number of hydrogen-bond acceptors (Lipinski definition) is 3. The van der Waals surface area contributed by atoms with Crippen LogP contribution in [0.1, 0.15) is 16.5 Å². The lowest BCUT2D eigenvalue weighted by Crippen LogP contribution is -2.19. The molecule has 1 amide bonds. The maximum absolute atomic E-state index is 12.9. The molecule has 0 aliphatic heterocycles. The molecule has 0 bridgehead atoms. The monoisotopic (exact) mass is 334 g/mol. The molecule has 1 atom stereocenters. The highest BCUT2D eigenvalue weighted by molar-refractivity contribution is 8.00. The van der Waals surface area contributed by atoms with E-state index in [1.165, 1.54) is 0 Å². The predicted molar refractivity (Wildman–Crippen MR) is 99.1 cm³/mol. The molecule has 24 heavy (non-hydrogen) atoms. The van der Waals surface area contributed by atoms with Gasteiger partial charge in [0.15, 0.2) is 0 Å². The maximum Gasteiger partial charge on any atom is 0.242 e. The molecular weight excluding hydrogens is 316 g/mol. The largest absolute Gasteiger partial charge is 0.325 e. The van der Waals surface area contributed by atoms with Gasteiger partial charge in [0.2, 0.25) is 5.91 Å². The Hall–Kier alpha value is -2.59. The Labute approximate surface area is 146 Å². The van der Waals surface area contributed by atoms with Gasteiger partial charge in [-0.25, -0.2) is 0 Å². The summed E-state index contributed by atoms with van der Waals surface area (Å²) in [5.41, 5.74) is 2.62. The van der Waals surface area contributed by atoms with Gasteiger partial charge in [-0.05, 0) is 36.8 Å². The summed E-state index contributed by atoms with van der Waals surface area (Å²) in [7, 11) is 0. The number of thioether (sulfide) groups is 1. The van der Waals surface area contributed by atoms with Gasteiger partial charge in [0.05, 0.1) is 0 Å². The van der Waals surface area contributed by atoms with Crippen molar-refractivity contribution in [2.24, 2.45) is 0 Å². The number of benzene rings is 2. The first-order valence-corrected chi connectivity index (χ1v) is 8.60. The van der Waals surface area contributed by atoms with E-state index in [2.05, 4.69) is 10.3 Å². The van der Waals surface area contributed by atoms with E-state index in [9.17, 15) is 4.79 Å². The van der Waals surface area contributed by atoms with E-state index < -0.39 is 0 Å². The fourth-order valence-electron chi connectivity index (χ4n) is 2.37. The normalized spacial score (nSPS) is 11.7. The smallest absolute Gasteiger partial charge is 0.242 e. The number of hydrogen-bond donors (Lipinski definition) is 1. The van der Waals surface area contributed by atoms with E-state index in [1.54, 1.807) is 24.0 Å². The summed E-state index contributed by atoms with van der Waals surface area (Å²) in [6.07, 6.45) is 1.70. The number of carbonyl (C=O) groups excluding carboxylic acids is 1. The number of carbonyl (C=O) groups is 1. The zero-order valence-corrected chi connectivity index (χ0v) is 14.2. The molecule has 1 aromatic heterocycles. The van der Waals surface area contributed by atoms with Gasteiger partial charge in [0.1, 0.15) is 5.25 Å². The second-order valence-electron chi connectivity index (χ2n) is 5.40. The Kier molecular flexibility index (Phi) is 5.29. The molecule has 0 spiro atoms. The molecule has 0 saturated heterocycles. The van der Waals surface area contributed by atoms with E-state index in [4.69, 9.17) is 0 Å². The minimum absolute atomic E-state index is 0.0411. The minimum atomic E-state index is -0.318. The van der Waals surface area contributed by atoms with E-state index in [1.807, 2.05) is 73.7 Å². The lowest BCUT2D eigenvalue weighted by atomic mass is 10.1. The molecule has 0 aliphatic rings. The highest BCUT2D eigenvalue weighted by atomic mass is 32.2. The Balaban J connectivity index is 1.85. The molecule has 1 heterocycles. The van der Waals surface area contributed by atoms with Crippen LogP contribution < -0.4 is 5.32 Å². The van der Waals surface area contributed by atoms with Crippen LogP contribution in [0.15, 0.2) is 83.9 Å². The third-order valence-corrected chi connectivity index (χ3v) is 4.77. The first-order valence-electron chi connectivity index (χ1n) is 7.72. The highest BCUT2D eigenvalue weighted by Gasteiger charge is 2.22. The summed E-state index contributed by atoms with van der Waals surface area (Å²) >= 11 is 1.55. The SMILES string of the molecule is Cc1cc(NC(=O)C(Sc2ccccc2)c2ccccc2)ccn1. The van der Waals surface area contributed by atoms with Crippen molar-refractivity contribution in [1.29, 1.82) is 0 Å². The van der Waals surface area contributed by atoms with Crippen LogP contribution >= 0.6 is 11.8 Å². The van der Waals surface area contributed by atoms with Crippen LogP contribution in [0.4, 0.5) is 5.69 Å². The van der Waals surface area contributed by atoms with Crippen LogP contribution in [0.3, 0.4) is 0 Å². The number of amides is 1. The molecule has 3 nitrogen and oxygen atoms in total. The Morgan fingerprint density at radius 3 is 2.33 bits per heavy atom.